The van der Waals surface area contributed by atoms with Crippen LogP contribution in [0.2, 0.25) is 0 Å². The lowest BCUT2D eigenvalue weighted by Crippen LogP contribution is -2.43. The van der Waals surface area contributed by atoms with Gasteiger partial charge < -0.3 is 4.90 Å². The average Bonchev–Trinajstić information content (AvgIpc) is 3.15. The molecule has 2 aromatic rings. The van der Waals surface area contributed by atoms with Crippen LogP contribution in [0.1, 0.15) is 31.2 Å². The van der Waals surface area contributed by atoms with Crippen molar-refractivity contribution in [3.05, 3.63) is 66.0 Å². The van der Waals surface area contributed by atoms with Gasteiger partial charge in [-0.2, -0.15) is 5.26 Å². The third kappa shape index (κ3) is 5.17. The minimum absolute atomic E-state index is 0.146. The number of carbonyl (C=O) groups is 1. The van der Waals surface area contributed by atoms with Crippen molar-refractivity contribution in [3.63, 3.8) is 0 Å². The lowest BCUT2D eigenvalue weighted by molar-refractivity contribution is -0.120. The number of hydrogen-bond donors (Lipinski definition) is 0. The first kappa shape index (κ1) is 20.0. The summed E-state index contributed by atoms with van der Waals surface area (Å²) in [4.78, 5) is 16.6. The van der Waals surface area contributed by atoms with Gasteiger partial charge in [-0.3, -0.25) is 9.69 Å². The van der Waals surface area contributed by atoms with Crippen LogP contribution in [0.3, 0.4) is 0 Å². The van der Waals surface area contributed by atoms with Crippen molar-refractivity contribution in [2.45, 2.75) is 38.1 Å². The maximum Gasteiger partial charge on any atom is 0.241 e. The zero-order chi connectivity index (χ0) is 19.8. The first-order valence-electron chi connectivity index (χ1n) is 9.89. The zero-order valence-corrected chi connectivity index (χ0v) is 16.1. The van der Waals surface area contributed by atoms with E-state index in [1.807, 2.05) is 18.2 Å². The number of amides is 1. The van der Waals surface area contributed by atoms with Gasteiger partial charge in [0.05, 0.1) is 24.7 Å². The number of rotatable bonds is 8. The second-order valence-corrected chi connectivity index (χ2v) is 7.20. The highest BCUT2D eigenvalue weighted by Crippen LogP contribution is 2.24. The third-order valence-corrected chi connectivity index (χ3v) is 5.34. The number of likely N-dealkylation sites (tertiary alicyclic amines) is 1. The molecule has 4 nitrogen and oxygen atoms in total. The van der Waals surface area contributed by atoms with Crippen molar-refractivity contribution < 1.29 is 9.18 Å². The summed E-state index contributed by atoms with van der Waals surface area (Å²) < 4.78 is 14.2. The molecule has 1 aliphatic rings. The Balaban J connectivity index is 1.64. The van der Waals surface area contributed by atoms with E-state index in [4.69, 9.17) is 5.26 Å². The molecule has 0 unspecified atom stereocenters. The molecule has 1 atom stereocenters. The Morgan fingerprint density at radius 2 is 1.93 bits per heavy atom. The molecule has 0 aromatic heterocycles. The number of aryl methyl sites for hydroxylation is 1. The molecule has 0 saturated carbocycles. The van der Waals surface area contributed by atoms with Crippen LogP contribution in [-0.2, 0) is 11.2 Å². The molecule has 3 rings (SSSR count). The minimum atomic E-state index is -0.434. The number of nitrogens with zero attached hydrogens (tertiary/aromatic N) is 3. The maximum atomic E-state index is 14.2. The van der Waals surface area contributed by atoms with Crippen LogP contribution in [0.15, 0.2) is 54.6 Å². The van der Waals surface area contributed by atoms with Gasteiger partial charge in [0.25, 0.3) is 0 Å². The number of benzene rings is 2. The largest absolute Gasteiger partial charge is 0.308 e. The Bertz CT molecular complexity index is 818. The number of carbonyl (C=O) groups excluding carboxylic acids is 1. The van der Waals surface area contributed by atoms with Crippen LogP contribution in [0.25, 0.3) is 0 Å². The molecule has 5 heteroatoms. The normalized spacial score (nSPS) is 16.6. The van der Waals surface area contributed by atoms with Crippen LogP contribution in [0.5, 0.6) is 0 Å². The van der Waals surface area contributed by atoms with Gasteiger partial charge in [-0.1, -0.05) is 42.5 Å². The van der Waals surface area contributed by atoms with Gasteiger partial charge in [0.15, 0.2) is 0 Å². The van der Waals surface area contributed by atoms with E-state index < -0.39 is 5.82 Å². The monoisotopic (exact) mass is 379 g/mol. The predicted molar refractivity (Wildman–Crippen MR) is 108 cm³/mol. The van der Waals surface area contributed by atoms with E-state index in [1.54, 1.807) is 18.2 Å². The number of nitriles is 1. The van der Waals surface area contributed by atoms with E-state index in [9.17, 15) is 9.18 Å². The summed E-state index contributed by atoms with van der Waals surface area (Å²) in [6.07, 6.45) is 4.33. The molecule has 1 aliphatic heterocycles. The topological polar surface area (TPSA) is 47.3 Å². The standard InChI is InChI=1S/C23H26FN3O/c24-21-11-4-5-12-22(21)27(17-7-15-25)23(28)18-26-16-6-10-20(26)14-13-19-8-2-1-3-9-19/h1-5,8-9,11-12,20H,6-7,10,13-14,16-18H2/t20-/m0/s1. The van der Waals surface area contributed by atoms with Gasteiger partial charge in [-0.15, -0.1) is 0 Å². The maximum absolute atomic E-state index is 14.2. The second kappa shape index (κ2) is 10.0. The third-order valence-electron chi connectivity index (χ3n) is 5.34. The Morgan fingerprint density at radius 3 is 2.68 bits per heavy atom. The highest BCUT2D eigenvalue weighted by atomic mass is 19.1. The lowest BCUT2D eigenvalue weighted by Gasteiger charge is -2.28. The van der Waals surface area contributed by atoms with Crippen LogP contribution < -0.4 is 4.90 Å². The molecule has 0 radical (unpaired) electrons. The quantitative estimate of drug-likeness (QED) is 0.692. The zero-order valence-electron chi connectivity index (χ0n) is 16.1. The highest BCUT2D eigenvalue weighted by molar-refractivity contribution is 5.95. The molecule has 28 heavy (non-hydrogen) atoms. The van der Waals surface area contributed by atoms with E-state index in [0.29, 0.717) is 6.04 Å². The number of anilines is 1. The van der Waals surface area contributed by atoms with Crippen molar-refractivity contribution in [1.29, 1.82) is 5.26 Å². The number of halogens is 1. The first-order chi connectivity index (χ1) is 13.7. The van der Waals surface area contributed by atoms with Crippen molar-refractivity contribution in [3.8, 4) is 6.07 Å². The van der Waals surface area contributed by atoms with E-state index in [-0.39, 0.29) is 31.1 Å². The Morgan fingerprint density at radius 1 is 1.18 bits per heavy atom. The van der Waals surface area contributed by atoms with Crippen LogP contribution in [-0.4, -0.2) is 36.5 Å². The predicted octanol–water partition coefficient (Wildman–Crippen LogP) is 4.17. The van der Waals surface area contributed by atoms with Gasteiger partial charge in [0.1, 0.15) is 5.82 Å². The molecule has 1 fully saturated rings. The molecular formula is C23H26FN3O. The van der Waals surface area contributed by atoms with E-state index in [2.05, 4.69) is 23.1 Å². The van der Waals surface area contributed by atoms with Crippen molar-refractivity contribution in [2.75, 3.05) is 24.5 Å². The molecule has 0 N–H and O–H groups in total. The molecule has 1 saturated heterocycles. The summed E-state index contributed by atoms with van der Waals surface area (Å²) in [5.74, 6) is -0.581. The average molecular weight is 379 g/mol. The van der Waals surface area contributed by atoms with Crippen molar-refractivity contribution in [2.24, 2.45) is 0 Å². The molecule has 0 spiro atoms. The summed E-state index contributed by atoms with van der Waals surface area (Å²) in [5, 5.41) is 8.93. The fraction of sp³-hybridized carbons (Fsp3) is 0.391. The van der Waals surface area contributed by atoms with Gasteiger partial charge in [0.2, 0.25) is 5.91 Å². The number of hydrogen-bond acceptors (Lipinski definition) is 3. The first-order valence-corrected chi connectivity index (χ1v) is 9.89. The van der Waals surface area contributed by atoms with E-state index in [1.165, 1.54) is 16.5 Å². The second-order valence-electron chi connectivity index (χ2n) is 7.20. The molecule has 0 bridgehead atoms. The fourth-order valence-electron chi connectivity index (χ4n) is 3.88. The summed E-state index contributed by atoms with van der Waals surface area (Å²) in [7, 11) is 0. The smallest absolute Gasteiger partial charge is 0.241 e. The Labute approximate surface area is 166 Å². The van der Waals surface area contributed by atoms with Crippen LogP contribution >= 0.6 is 0 Å². The van der Waals surface area contributed by atoms with Crippen molar-refractivity contribution in [1.82, 2.24) is 4.90 Å². The van der Waals surface area contributed by atoms with E-state index in [0.717, 1.165) is 32.2 Å². The Kier molecular flexibility index (Phi) is 7.16. The van der Waals surface area contributed by atoms with Gasteiger partial charge in [0, 0.05) is 12.6 Å². The summed E-state index contributed by atoms with van der Waals surface area (Å²) in [6, 6.07) is 19.1. The van der Waals surface area contributed by atoms with Gasteiger partial charge in [-0.05, 0) is 49.9 Å². The number of para-hydroxylation sites is 1. The molecular weight excluding hydrogens is 353 g/mol. The molecule has 1 heterocycles. The summed E-state index contributed by atoms with van der Waals surface area (Å²) in [5.41, 5.74) is 1.56. The van der Waals surface area contributed by atoms with Crippen molar-refractivity contribution >= 4 is 11.6 Å². The van der Waals surface area contributed by atoms with Gasteiger partial charge in [-0.25, -0.2) is 4.39 Å². The van der Waals surface area contributed by atoms with Gasteiger partial charge >= 0.3 is 0 Å². The minimum Gasteiger partial charge on any atom is -0.308 e. The Hall–Kier alpha value is -2.71. The lowest BCUT2D eigenvalue weighted by atomic mass is 10.0. The molecule has 146 valence electrons. The highest BCUT2D eigenvalue weighted by Gasteiger charge is 2.28. The summed E-state index contributed by atoms with van der Waals surface area (Å²) >= 11 is 0. The molecule has 1 amide bonds. The van der Waals surface area contributed by atoms with Crippen LogP contribution in [0.4, 0.5) is 10.1 Å². The molecule has 0 aliphatic carbocycles. The fourth-order valence-corrected chi connectivity index (χ4v) is 3.88. The summed E-state index contributed by atoms with van der Waals surface area (Å²) in [6.45, 7) is 1.35. The molecule has 2 aromatic carbocycles. The van der Waals surface area contributed by atoms with E-state index >= 15 is 0 Å². The SMILES string of the molecule is N#CCCN(C(=O)CN1CCC[C@H]1CCc1ccccc1)c1ccccc1F. The van der Waals surface area contributed by atoms with Crippen LogP contribution in [0, 0.1) is 17.1 Å².